The van der Waals surface area contributed by atoms with Crippen molar-refractivity contribution in [2.45, 2.75) is 38.1 Å². The first-order valence-corrected chi connectivity index (χ1v) is 7.37. The molecule has 106 valence electrons. The van der Waals surface area contributed by atoms with Crippen molar-refractivity contribution in [2.24, 2.45) is 0 Å². The van der Waals surface area contributed by atoms with Crippen LogP contribution in [0.4, 0.5) is 0 Å². The van der Waals surface area contributed by atoms with Crippen LogP contribution in [-0.4, -0.2) is 27.7 Å². The molecule has 3 heterocycles. The lowest BCUT2D eigenvalue weighted by atomic mass is 10.0. The fourth-order valence-electron chi connectivity index (χ4n) is 2.44. The maximum Gasteiger partial charge on any atom is 0.227 e. The standard InChI is InChI=1S/C14H17ClN4O/c15-10-4-6-12(17-9-10)14-18-13(20-19-14)7-5-11-3-1-2-8-16-11/h4,6,9,11,16H,1-3,5,7-8H2. The highest BCUT2D eigenvalue weighted by Gasteiger charge is 2.15. The van der Waals surface area contributed by atoms with Crippen molar-refractivity contribution in [3.63, 3.8) is 0 Å². The van der Waals surface area contributed by atoms with Gasteiger partial charge in [0, 0.05) is 18.7 Å². The third-order valence-electron chi connectivity index (χ3n) is 3.54. The van der Waals surface area contributed by atoms with E-state index in [9.17, 15) is 0 Å². The van der Waals surface area contributed by atoms with E-state index >= 15 is 0 Å². The molecule has 0 bridgehead atoms. The average Bonchev–Trinajstić information content (AvgIpc) is 2.96. The quantitative estimate of drug-likeness (QED) is 0.939. The molecule has 1 aliphatic rings. The van der Waals surface area contributed by atoms with Gasteiger partial charge in [0.05, 0.1) is 5.02 Å². The van der Waals surface area contributed by atoms with Crippen molar-refractivity contribution >= 4 is 11.6 Å². The van der Waals surface area contributed by atoms with Gasteiger partial charge in [-0.2, -0.15) is 4.98 Å². The topological polar surface area (TPSA) is 63.8 Å². The Labute approximate surface area is 122 Å². The van der Waals surface area contributed by atoms with Crippen LogP contribution in [0.5, 0.6) is 0 Å². The Balaban J connectivity index is 1.60. The summed E-state index contributed by atoms with van der Waals surface area (Å²) in [5, 5.41) is 8.08. The Morgan fingerprint density at radius 2 is 2.30 bits per heavy atom. The molecular formula is C14H17ClN4O. The molecule has 2 aromatic heterocycles. The Morgan fingerprint density at radius 3 is 3.05 bits per heavy atom. The molecule has 3 rings (SSSR count). The smallest absolute Gasteiger partial charge is 0.227 e. The second kappa shape index (κ2) is 6.33. The van der Waals surface area contributed by atoms with E-state index in [2.05, 4.69) is 20.4 Å². The number of aryl methyl sites for hydroxylation is 1. The van der Waals surface area contributed by atoms with Gasteiger partial charge in [0.1, 0.15) is 5.69 Å². The highest BCUT2D eigenvalue weighted by molar-refractivity contribution is 6.30. The summed E-state index contributed by atoms with van der Waals surface area (Å²) in [4.78, 5) is 8.57. The van der Waals surface area contributed by atoms with Crippen LogP contribution in [0.2, 0.25) is 5.02 Å². The minimum absolute atomic E-state index is 0.522. The van der Waals surface area contributed by atoms with Gasteiger partial charge >= 0.3 is 0 Å². The van der Waals surface area contributed by atoms with Crippen LogP contribution in [0.15, 0.2) is 22.9 Å². The normalized spacial score (nSPS) is 19.1. The van der Waals surface area contributed by atoms with E-state index in [1.807, 2.05) is 0 Å². The van der Waals surface area contributed by atoms with Crippen LogP contribution >= 0.6 is 11.6 Å². The summed E-state index contributed by atoms with van der Waals surface area (Å²) >= 11 is 5.81. The summed E-state index contributed by atoms with van der Waals surface area (Å²) in [6.45, 7) is 1.12. The fraction of sp³-hybridized carbons (Fsp3) is 0.500. The zero-order chi connectivity index (χ0) is 13.8. The zero-order valence-corrected chi connectivity index (χ0v) is 11.9. The number of rotatable bonds is 4. The van der Waals surface area contributed by atoms with Gasteiger partial charge in [-0.15, -0.1) is 0 Å². The molecule has 6 heteroatoms. The molecule has 20 heavy (non-hydrogen) atoms. The molecule has 0 aromatic carbocycles. The van der Waals surface area contributed by atoms with Crippen LogP contribution in [0, 0.1) is 0 Å². The first-order chi connectivity index (χ1) is 9.81. The number of piperidine rings is 1. The fourth-order valence-corrected chi connectivity index (χ4v) is 2.55. The van der Waals surface area contributed by atoms with Gasteiger partial charge in [-0.3, -0.25) is 4.98 Å². The summed E-state index contributed by atoms with van der Waals surface area (Å²) < 4.78 is 5.28. The Hall–Kier alpha value is -1.46. The monoisotopic (exact) mass is 292 g/mol. The van der Waals surface area contributed by atoms with Crippen LogP contribution < -0.4 is 5.32 Å². The average molecular weight is 293 g/mol. The van der Waals surface area contributed by atoms with Gasteiger partial charge in [0.2, 0.25) is 11.7 Å². The molecule has 0 spiro atoms. The van der Waals surface area contributed by atoms with Crippen molar-refractivity contribution in [3.05, 3.63) is 29.2 Å². The molecule has 0 aliphatic carbocycles. The largest absolute Gasteiger partial charge is 0.339 e. The second-order valence-electron chi connectivity index (χ2n) is 5.06. The van der Waals surface area contributed by atoms with Gasteiger partial charge in [-0.1, -0.05) is 23.2 Å². The molecule has 1 aliphatic heterocycles. The van der Waals surface area contributed by atoms with E-state index in [4.69, 9.17) is 16.1 Å². The lowest BCUT2D eigenvalue weighted by molar-refractivity contribution is 0.342. The van der Waals surface area contributed by atoms with Crippen molar-refractivity contribution < 1.29 is 4.52 Å². The summed E-state index contributed by atoms with van der Waals surface area (Å²) in [5.41, 5.74) is 0.681. The van der Waals surface area contributed by atoms with Gasteiger partial charge in [0.15, 0.2) is 0 Å². The summed E-state index contributed by atoms with van der Waals surface area (Å²) in [6, 6.07) is 4.14. The number of hydrogen-bond donors (Lipinski definition) is 1. The van der Waals surface area contributed by atoms with Crippen molar-refractivity contribution in [1.82, 2.24) is 20.4 Å². The molecule has 0 radical (unpaired) electrons. The van der Waals surface area contributed by atoms with Crippen LogP contribution in [0.1, 0.15) is 31.6 Å². The predicted octanol–water partition coefficient (Wildman–Crippen LogP) is 2.86. The Bertz CT molecular complexity index is 549. The summed E-state index contributed by atoms with van der Waals surface area (Å²) in [5.74, 6) is 1.19. The second-order valence-corrected chi connectivity index (χ2v) is 5.50. The van der Waals surface area contributed by atoms with Crippen molar-refractivity contribution in [1.29, 1.82) is 0 Å². The first-order valence-electron chi connectivity index (χ1n) is 6.99. The van der Waals surface area contributed by atoms with E-state index < -0.39 is 0 Å². The number of nitrogens with zero attached hydrogens (tertiary/aromatic N) is 3. The maximum absolute atomic E-state index is 5.81. The molecule has 0 amide bonds. The number of aromatic nitrogens is 3. The predicted molar refractivity (Wildman–Crippen MR) is 76.5 cm³/mol. The molecule has 1 N–H and O–H groups in total. The molecule has 2 aromatic rings. The van der Waals surface area contributed by atoms with Gasteiger partial charge in [-0.25, -0.2) is 0 Å². The highest BCUT2D eigenvalue weighted by atomic mass is 35.5. The highest BCUT2D eigenvalue weighted by Crippen LogP contribution is 2.17. The third-order valence-corrected chi connectivity index (χ3v) is 3.77. The number of nitrogens with one attached hydrogen (secondary N) is 1. The summed E-state index contributed by atoms with van der Waals surface area (Å²) in [7, 11) is 0. The molecule has 5 nitrogen and oxygen atoms in total. The van der Waals surface area contributed by atoms with Crippen LogP contribution in [-0.2, 0) is 6.42 Å². The van der Waals surface area contributed by atoms with Gasteiger partial charge in [-0.05, 0) is 37.9 Å². The van der Waals surface area contributed by atoms with Gasteiger partial charge < -0.3 is 9.84 Å². The molecule has 0 saturated carbocycles. The Morgan fingerprint density at radius 1 is 1.35 bits per heavy atom. The van der Waals surface area contributed by atoms with E-state index in [0.29, 0.717) is 28.5 Å². The van der Waals surface area contributed by atoms with Crippen molar-refractivity contribution in [3.8, 4) is 11.5 Å². The Kier molecular flexibility index (Phi) is 4.28. The van der Waals surface area contributed by atoms with Crippen LogP contribution in [0.25, 0.3) is 11.5 Å². The minimum atomic E-state index is 0.522. The lowest BCUT2D eigenvalue weighted by Gasteiger charge is -2.22. The zero-order valence-electron chi connectivity index (χ0n) is 11.2. The third kappa shape index (κ3) is 3.35. The molecule has 1 saturated heterocycles. The van der Waals surface area contributed by atoms with E-state index in [0.717, 1.165) is 19.4 Å². The SMILES string of the molecule is Clc1ccc(-c2noc(CCC3CCCCN3)n2)nc1. The minimum Gasteiger partial charge on any atom is -0.339 e. The first kappa shape index (κ1) is 13.5. The molecule has 1 fully saturated rings. The maximum atomic E-state index is 5.81. The molecule has 1 unspecified atom stereocenters. The number of hydrogen-bond acceptors (Lipinski definition) is 5. The van der Waals surface area contributed by atoms with E-state index in [1.165, 1.54) is 19.3 Å². The molecular weight excluding hydrogens is 276 g/mol. The lowest BCUT2D eigenvalue weighted by Crippen LogP contribution is -2.34. The number of pyridine rings is 1. The molecule has 1 atom stereocenters. The van der Waals surface area contributed by atoms with E-state index in [1.54, 1.807) is 18.3 Å². The summed E-state index contributed by atoms with van der Waals surface area (Å²) in [6.07, 6.45) is 7.25. The van der Waals surface area contributed by atoms with Crippen molar-refractivity contribution in [2.75, 3.05) is 6.54 Å². The number of halogens is 1. The van der Waals surface area contributed by atoms with E-state index in [-0.39, 0.29) is 0 Å². The van der Waals surface area contributed by atoms with Crippen LogP contribution in [0.3, 0.4) is 0 Å². The van der Waals surface area contributed by atoms with Gasteiger partial charge in [0.25, 0.3) is 0 Å².